The third-order valence-electron chi connectivity index (χ3n) is 6.02. The van der Waals surface area contributed by atoms with Gasteiger partial charge in [-0.2, -0.15) is 0 Å². The van der Waals surface area contributed by atoms with Gasteiger partial charge in [-0.15, -0.1) is 0 Å². The van der Waals surface area contributed by atoms with Crippen molar-refractivity contribution < 1.29 is 9.59 Å². The van der Waals surface area contributed by atoms with Crippen molar-refractivity contribution in [2.24, 2.45) is 5.73 Å². The van der Waals surface area contributed by atoms with E-state index in [1.807, 2.05) is 17.0 Å². The smallest absolute Gasteiger partial charge is 0.223 e. The van der Waals surface area contributed by atoms with Gasteiger partial charge < -0.3 is 10.6 Å². The van der Waals surface area contributed by atoms with Crippen molar-refractivity contribution in [3.05, 3.63) is 34.9 Å². The Balaban J connectivity index is 1.46. The van der Waals surface area contributed by atoms with Gasteiger partial charge in [0.2, 0.25) is 11.8 Å². The summed E-state index contributed by atoms with van der Waals surface area (Å²) in [5, 5.41) is 0. The predicted octanol–water partition coefficient (Wildman–Crippen LogP) is 2.30. The number of carbonyl (C=O) groups excluding carboxylic acids is 2. The molecule has 0 spiro atoms. The maximum Gasteiger partial charge on any atom is 0.223 e. The Bertz CT molecular complexity index is 660. The molecular weight excluding hydrogens is 338 g/mol. The summed E-state index contributed by atoms with van der Waals surface area (Å²) in [6.07, 6.45) is 7.78. The molecule has 0 aromatic heterocycles. The minimum Gasteiger partial charge on any atom is -0.369 e. The van der Waals surface area contributed by atoms with Crippen molar-refractivity contribution in [1.82, 2.24) is 9.80 Å². The highest BCUT2D eigenvalue weighted by atomic mass is 16.2. The Morgan fingerprint density at radius 3 is 2.41 bits per heavy atom. The quantitative estimate of drug-likeness (QED) is 0.800. The van der Waals surface area contributed by atoms with E-state index in [0.717, 1.165) is 42.6 Å². The van der Waals surface area contributed by atoms with Crippen molar-refractivity contribution in [1.29, 1.82) is 0 Å². The Morgan fingerprint density at radius 2 is 1.78 bits per heavy atom. The first-order valence-electron chi connectivity index (χ1n) is 10.5. The first-order chi connectivity index (χ1) is 13.1. The van der Waals surface area contributed by atoms with E-state index in [9.17, 15) is 9.59 Å². The van der Waals surface area contributed by atoms with E-state index >= 15 is 0 Å². The summed E-state index contributed by atoms with van der Waals surface area (Å²) in [4.78, 5) is 28.3. The molecule has 1 aromatic carbocycles. The molecule has 0 bridgehead atoms. The zero-order valence-corrected chi connectivity index (χ0v) is 16.6. The van der Waals surface area contributed by atoms with Crippen LogP contribution in [0.1, 0.15) is 55.7 Å². The van der Waals surface area contributed by atoms with Crippen LogP contribution in [0.15, 0.2) is 18.2 Å². The van der Waals surface area contributed by atoms with E-state index in [0.29, 0.717) is 12.5 Å². The number of rotatable bonds is 7. The Labute approximate surface area is 162 Å². The monoisotopic (exact) mass is 371 g/mol. The summed E-state index contributed by atoms with van der Waals surface area (Å²) in [7, 11) is 0. The number of aryl methyl sites for hydroxylation is 2. The molecule has 3 rings (SSSR count). The minimum absolute atomic E-state index is 0.264. The number of benzene rings is 1. The van der Waals surface area contributed by atoms with Crippen LogP contribution in [0.2, 0.25) is 0 Å². The van der Waals surface area contributed by atoms with Gasteiger partial charge in [0.15, 0.2) is 0 Å². The molecule has 1 aromatic rings. The molecular formula is C22H33N3O2. The molecule has 0 unspecified atom stereocenters. The van der Waals surface area contributed by atoms with E-state index in [2.05, 4.69) is 17.9 Å². The van der Waals surface area contributed by atoms with Crippen molar-refractivity contribution in [2.75, 3.05) is 26.2 Å². The lowest BCUT2D eigenvalue weighted by Crippen LogP contribution is -2.61. The number of carbonyl (C=O) groups is 2. The molecule has 0 aliphatic carbocycles. The largest absolute Gasteiger partial charge is 0.369 e. The highest BCUT2D eigenvalue weighted by Gasteiger charge is 2.34. The lowest BCUT2D eigenvalue weighted by molar-refractivity contribution is -0.138. The zero-order valence-electron chi connectivity index (χ0n) is 16.6. The molecule has 0 radical (unpaired) electrons. The summed E-state index contributed by atoms with van der Waals surface area (Å²) in [6, 6.07) is 6.72. The van der Waals surface area contributed by atoms with Crippen LogP contribution >= 0.6 is 0 Å². The van der Waals surface area contributed by atoms with Gasteiger partial charge in [0.25, 0.3) is 0 Å². The van der Waals surface area contributed by atoms with Gasteiger partial charge in [-0.25, -0.2) is 0 Å². The highest BCUT2D eigenvalue weighted by Crippen LogP contribution is 2.21. The maximum absolute atomic E-state index is 12.5. The first kappa shape index (κ1) is 19.9. The fourth-order valence-corrected chi connectivity index (χ4v) is 4.28. The molecule has 0 saturated carbocycles. The third kappa shape index (κ3) is 5.32. The molecule has 2 amide bonds. The molecule has 5 heteroatoms. The third-order valence-corrected chi connectivity index (χ3v) is 6.02. The van der Waals surface area contributed by atoms with Gasteiger partial charge in [-0.1, -0.05) is 38.0 Å². The number of hydrogen-bond donors (Lipinski definition) is 1. The fourth-order valence-electron chi connectivity index (χ4n) is 4.28. The van der Waals surface area contributed by atoms with Crippen LogP contribution < -0.4 is 5.73 Å². The van der Waals surface area contributed by atoms with Crippen molar-refractivity contribution >= 4 is 11.8 Å². The van der Waals surface area contributed by atoms with Crippen molar-refractivity contribution in [3.63, 3.8) is 0 Å². The Kier molecular flexibility index (Phi) is 6.89. The second-order valence-electron chi connectivity index (χ2n) is 8.00. The van der Waals surface area contributed by atoms with E-state index in [1.54, 1.807) is 0 Å². The number of primary amides is 1. The topological polar surface area (TPSA) is 66.6 Å². The maximum atomic E-state index is 12.5. The summed E-state index contributed by atoms with van der Waals surface area (Å²) in [6.45, 7) is 6.28. The molecule has 148 valence electrons. The lowest BCUT2D eigenvalue weighted by Gasteiger charge is -2.45. The minimum atomic E-state index is -0.302. The second-order valence-corrected chi connectivity index (χ2v) is 8.00. The molecule has 27 heavy (non-hydrogen) atoms. The summed E-state index contributed by atoms with van der Waals surface area (Å²) in [5.74, 6) is -0.0373. The van der Waals surface area contributed by atoms with Crippen LogP contribution in [0, 0.1) is 0 Å². The number of hydrogen-bond acceptors (Lipinski definition) is 3. The number of nitrogens with two attached hydrogens (primary N) is 1. The SMILES string of the molecule is CCc1cc(CCC(=O)N2CC(N3CCCCCC3)C2)ccc1CC(N)=O. The Morgan fingerprint density at radius 1 is 1.07 bits per heavy atom. The van der Waals surface area contributed by atoms with E-state index in [-0.39, 0.29) is 18.2 Å². The second kappa shape index (κ2) is 9.36. The normalized spacial score (nSPS) is 18.8. The summed E-state index contributed by atoms with van der Waals surface area (Å²) in [5.41, 5.74) is 8.64. The molecule has 2 heterocycles. The standard InChI is InChI=1S/C22H33N3O2/c1-2-18-13-17(7-9-19(18)14-21(23)26)8-10-22(27)25-15-20(16-25)24-11-5-3-4-6-12-24/h7,9,13,20H,2-6,8,10-12,14-16H2,1H3,(H2,23,26). The van der Waals surface area contributed by atoms with Crippen LogP contribution in [-0.2, 0) is 28.9 Å². The zero-order chi connectivity index (χ0) is 19.2. The van der Waals surface area contributed by atoms with Gasteiger partial charge in [0.05, 0.1) is 6.42 Å². The van der Waals surface area contributed by atoms with Crippen molar-refractivity contribution in [3.8, 4) is 0 Å². The molecule has 2 aliphatic heterocycles. The Hall–Kier alpha value is -1.88. The molecule has 2 saturated heterocycles. The fraction of sp³-hybridized carbons (Fsp3) is 0.636. The number of likely N-dealkylation sites (tertiary alicyclic amines) is 2. The lowest BCUT2D eigenvalue weighted by atomic mass is 9.97. The van der Waals surface area contributed by atoms with E-state index < -0.39 is 0 Å². The van der Waals surface area contributed by atoms with Crippen LogP contribution in [0.5, 0.6) is 0 Å². The number of amides is 2. The van der Waals surface area contributed by atoms with Gasteiger partial charge >= 0.3 is 0 Å². The summed E-state index contributed by atoms with van der Waals surface area (Å²) < 4.78 is 0. The van der Waals surface area contributed by atoms with E-state index in [1.165, 1.54) is 38.8 Å². The first-order valence-corrected chi connectivity index (χ1v) is 10.5. The summed E-state index contributed by atoms with van der Waals surface area (Å²) >= 11 is 0. The van der Waals surface area contributed by atoms with Crippen molar-refractivity contribution in [2.45, 2.75) is 64.3 Å². The molecule has 2 fully saturated rings. The molecule has 0 atom stereocenters. The van der Waals surface area contributed by atoms with E-state index in [4.69, 9.17) is 5.73 Å². The average Bonchev–Trinajstić information content (AvgIpc) is 2.88. The predicted molar refractivity (Wildman–Crippen MR) is 107 cm³/mol. The average molecular weight is 372 g/mol. The van der Waals surface area contributed by atoms with Crippen LogP contribution in [0.4, 0.5) is 0 Å². The van der Waals surface area contributed by atoms with Gasteiger partial charge in [0, 0.05) is 25.6 Å². The van der Waals surface area contributed by atoms with Gasteiger partial charge in [0.1, 0.15) is 0 Å². The highest BCUT2D eigenvalue weighted by molar-refractivity contribution is 5.78. The van der Waals surface area contributed by atoms with Crippen LogP contribution in [0.25, 0.3) is 0 Å². The molecule has 5 nitrogen and oxygen atoms in total. The van der Waals surface area contributed by atoms with Gasteiger partial charge in [-0.05, 0) is 55.5 Å². The molecule has 2 N–H and O–H groups in total. The van der Waals surface area contributed by atoms with Crippen LogP contribution in [-0.4, -0.2) is 53.8 Å². The number of nitrogens with zero attached hydrogens (tertiary/aromatic N) is 2. The van der Waals surface area contributed by atoms with Crippen LogP contribution in [0.3, 0.4) is 0 Å². The van der Waals surface area contributed by atoms with Gasteiger partial charge in [-0.3, -0.25) is 14.5 Å². The molecule has 2 aliphatic rings.